The highest BCUT2D eigenvalue weighted by molar-refractivity contribution is 5.84. The van der Waals surface area contributed by atoms with E-state index in [1.807, 2.05) is 24.6 Å². The summed E-state index contributed by atoms with van der Waals surface area (Å²) >= 11 is 0. The molecule has 0 aliphatic heterocycles. The van der Waals surface area contributed by atoms with E-state index in [-0.39, 0.29) is 11.2 Å². The first-order chi connectivity index (χ1) is 6.44. The van der Waals surface area contributed by atoms with Gasteiger partial charge < -0.3 is 4.57 Å². The summed E-state index contributed by atoms with van der Waals surface area (Å²) in [5.74, 6) is 0.615. The van der Waals surface area contributed by atoms with Gasteiger partial charge in [0.2, 0.25) is 0 Å². The van der Waals surface area contributed by atoms with E-state index in [4.69, 9.17) is 0 Å². The van der Waals surface area contributed by atoms with Gasteiger partial charge in [0, 0.05) is 17.8 Å². The number of carbonyl (C=O) groups is 1. The number of ketones is 1. The lowest BCUT2D eigenvalue weighted by Crippen LogP contribution is -2.32. The SMILES string of the molecule is CC(C)C(C)(C)C(=O)Cn1ccnc1. The van der Waals surface area contributed by atoms with Crippen molar-refractivity contribution in [2.45, 2.75) is 34.2 Å². The van der Waals surface area contributed by atoms with Crippen LogP contribution in [0.5, 0.6) is 0 Å². The summed E-state index contributed by atoms with van der Waals surface area (Å²) in [5.41, 5.74) is -0.260. The number of carbonyl (C=O) groups excluding carboxylic acids is 1. The first-order valence-corrected chi connectivity index (χ1v) is 4.93. The molecule has 0 unspecified atom stereocenters. The van der Waals surface area contributed by atoms with Crippen LogP contribution in [0.4, 0.5) is 0 Å². The van der Waals surface area contributed by atoms with Gasteiger partial charge in [-0.3, -0.25) is 4.79 Å². The number of nitrogens with zero attached hydrogens (tertiary/aromatic N) is 2. The predicted molar refractivity (Wildman–Crippen MR) is 55.9 cm³/mol. The van der Waals surface area contributed by atoms with Gasteiger partial charge in [-0.15, -0.1) is 0 Å². The molecule has 0 bridgehead atoms. The molecule has 0 fully saturated rings. The number of aromatic nitrogens is 2. The molecule has 3 nitrogen and oxygen atoms in total. The Morgan fingerprint density at radius 2 is 2.14 bits per heavy atom. The highest BCUT2D eigenvalue weighted by atomic mass is 16.1. The van der Waals surface area contributed by atoms with Crippen molar-refractivity contribution in [3.05, 3.63) is 18.7 Å². The third kappa shape index (κ3) is 2.22. The normalized spacial score (nSPS) is 12.1. The molecule has 0 aliphatic rings. The third-order valence-electron chi connectivity index (χ3n) is 3.05. The second-order valence-electron chi connectivity index (χ2n) is 4.53. The molecule has 1 heterocycles. The Labute approximate surface area is 85.2 Å². The van der Waals surface area contributed by atoms with Crippen molar-refractivity contribution in [1.29, 1.82) is 0 Å². The largest absolute Gasteiger partial charge is 0.330 e. The van der Waals surface area contributed by atoms with Crippen LogP contribution >= 0.6 is 0 Å². The Bertz CT molecular complexity index is 299. The van der Waals surface area contributed by atoms with E-state index in [9.17, 15) is 4.79 Å². The molecule has 0 atom stereocenters. The molecule has 1 aromatic heterocycles. The summed E-state index contributed by atoms with van der Waals surface area (Å²) in [7, 11) is 0. The minimum atomic E-state index is -0.260. The summed E-state index contributed by atoms with van der Waals surface area (Å²) in [4.78, 5) is 15.8. The van der Waals surface area contributed by atoms with Gasteiger partial charge in [0.1, 0.15) is 0 Å². The Hall–Kier alpha value is -1.12. The van der Waals surface area contributed by atoms with Crippen molar-refractivity contribution in [2.75, 3.05) is 0 Å². The summed E-state index contributed by atoms with van der Waals surface area (Å²) in [5, 5.41) is 0. The van der Waals surface area contributed by atoms with Gasteiger partial charge in [-0.05, 0) is 5.92 Å². The molecule has 0 aromatic carbocycles. The zero-order chi connectivity index (χ0) is 10.8. The van der Waals surface area contributed by atoms with Crippen LogP contribution in [0.25, 0.3) is 0 Å². The van der Waals surface area contributed by atoms with E-state index in [1.54, 1.807) is 12.5 Å². The molecule has 1 rings (SSSR count). The van der Waals surface area contributed by atoms with E-state index in [2.05, 4.69) is 18.8 Å². The number of imidazole rings is 1. The van der Waals surface area contributed by atoms with Gasteiger partial charge >= 0.3 is 0 Å². The lowest BCUT2D eigenvalue weighted by Gasteiger charge is -2.27. The van der Waals surface area contributed by atoms with Crippen LogP contribution in [0.1, 0.15) is 27.7 Å². The van der Waals surface area contributed by atoms with Gasteiger partial charge in [0.15, 0.2) is 5.78 Å². The molecule has 0 aliphatic carbocycles. The monoisotopic (exact) mass is 194 g/mol. The molecule has 0 N–H and O–H groups in total. The lowest BCUT2D eigenvalue weighted by molar-refractivity contribution is -0.129. The fourth-order valence-electron chi connectivity index (χ4n) is 1.07. The third-order valence-corrected chi connectivity index (χ3v) is 3.05. The lowest BCUT2D eigenvalue weighted by atomic mass is 9.77. The second-order valence-corrected chi connectivity index (χ2v) is 4.53. The average Bonchev–Trinajstić information content (AvgIpc) is 2.56. The van der Waals surface area contributed by atoms with Crippen LogP contribution in [0.3, 0.4) is 0 Å². The van der Waals surface area contributed by atoms with E-state index < -0.39 is 0 Å². The summed E-state index contributed by atoms with van der Waals surface area (Å²) in [6.45, 7) is 8.57. The van der Waals surface area contributed by atoms with Gasteiger partial charge in [-0.25, -0.2) is 4.98 Å². The zero-order valence-corrected chi connectivity index (χ0v) is 9.32. The van der Waals surface area contributed by atoms with Crippen LogP contribution in [0.15, 0.2) is 18.7 Å². The number of Topliss-reactive ketones (excluding diaryl/α,β-unsaturated/α-hetero) is 1. The summed E-state index contributed by atoms with van der Waals surface area (Å²) in [6.07, 6.45) is 5.18. The van der Waals surface area contributed by atoms with Crippen LogP contribution in [-0.4, -0.2) is 15.3 Å². The van der Waals surface area contributed by atoms with E-state index >= 15 is 0 Å². The fraction of sp³-hybridized carbons (Fsp3) is 0.636. The topological polar surface area (TPSA) is 34.9 Å². The van der Waals surface area contributed by atoms with Crippen LogP contribution in [-0.2, 0) is 11.3 Å². The molecule has 0 radical (unpaired) electrons. The number of rotatable bonds is 4. The average molecular weight is 194 g/mol. The van der Waals surface area contributed by atoms with E-state index in [1.165, 1.54) is 0 Å². The van der Waals surface area contributed by atoms with Crippen LogP contribution < -0.4 is 0 Å². The standard InChI is InChI=1S/C11H18N2O/c1-9(2)11(3,4)10(14)7-13-6-5-12-8-13/h5-6,8-9H,7H2,1-4H3. The molecule has 1 aromatic rings. The van der Waals surface area contributed by atoms with Crippen LogP contribution in [0.2, 0.25) is 0 Å². The van der Waals surface area contributed by atoms with Crippen molar-refractivity contribution in [3.63, 3.8) is 0 Å². The maximum Gasteiger partial charge on any atom is 0.158 e. The molecule has 0 saturated heterocycles. The Morgan fingerprint density at radius 3 is 2.57 bits per heavy atom. The first-order valence-electron chi connectivity index (χ1n) is 4.93. The van der Waals surface area contributed by atoms with Crippen molar-refractivity contribution in [1.82, 2.24) is 9.55 Å². The van der Waals surface area contributed by atoms with E-state index in [0.29, 0.717) is 12.5 Å². The maximum atomic E-state index is 11.9. The maximum absolute atomic E-state index is 11.9. The summed E-state index contributed by atoms with van der Waals surface area (Å²) < 4.78 is 1.81. The van der Waals surface area contributed by atoms with E-state index in [0.717, 1.165) is 0 Å². The Morgan fingerprint density at radius 1 is 1.50 bits per heavy atom. The Kier molecular flexibility index (Phi) is 3.09. The molecule has 3 heteroatoms. The second kappa shape index (κ2) is 3.95. The fourth-order valence-corrected chi connectivity index (χ4v) is 1.07. The molecular weight excluding hydrogens is 176 g/mol. The minimum absolute atomic E-state index is 0.255. The molecule has 78 valence electrons. The van der Waals surface area contributed by atoms with Crippen molar-refractivity contribution < 1.29 is 4.79 Å². The van der Waals surface area contributed by atoms with Gasteiger partial charge in [0.05, 0.1) is 12.9 Å². The molecule has 14 heavy (non-hydrogen) atoms. The smallest absolute Gasteiger partial charge is 0.158 e. The molecular formula is C11H18N2O. The zero-order valence-electron chi connectivity index (χ0n) is 9.32. The molecule has 0 saturated carbocycles. The predicted octanol–water partition coefficient (Wildman–Crippen LogP) is 2.13. The minimum Gasteiger partial charge on any atom is -0.330 e. The van der Waals surface area contributed by atoms with Gasteiger partial charge in [-0.1, -0.05) is 27.7 Å². The van der Waals surface area contributed by atoms with Crippen molar-refractivity contribution in [3.8, 4) is 0 Å². The highest BCUT2D eigenvalue weighted by Crippen LogP contribution is 2.27. The number of hydrogen-bond acceptors (Lipinski definition) is 2. The van der Waals surface area contributed by atoms with Crippen LogP contribution in [0, 0.1) is 11.3 Å². The Balaban J connectivity index is 2.67. The molecule has 0 spiro atoms. The highest BCUT2D eigenvalue weighted by Gasteiger charge is 2.30. The van der Waals surface area contributed by atoms with Gasteiger partial charge in [-0.2, -0.15) is 0 Å². The molecule has 0 amide bonds. The summed E-state index contributed by atoms with van der Waals surface area (Å²) in [6, 6.07) is 0. The van der Waals surface area contributed by atoms with Gasteiger partial charge in [0.25, 0.3) is 0 Å². The quantitative estimate of drug-likeness (QED) is 0.736. The van der Waals surface area contributed by atoms with Crippen molar-refractivity contribution in [2.24, 2.45) is 11.3 Å². The first kappa shape index (κ1) is 11.0. The number of hydrogen-bond donors (Lipinski definition) is 0. The van der Waals surface area contributed by atoms with Crippen molar-refractivity contribution >= 4 is 5.78 Å².